The van der Waals surface area contributed by atoms with Gasteiger partial charge in [-0.2, -0.15) is 0 Å². The summed E-state index contributed by atoms with van der Waals surface area (Å²) in [6.07, 6.45) is 6.31. The van der Waals surface area contributed by atoms with Gasteiger partial charge < -0.3 is 15.4 Å². The van der Waals surface area contributed by atoms with Crippen LogP contribution in [0.15, 0.2) is 48.5 Å². The molecule has 0 bridgehead atoms. The highest BCUT2D eigenvalue weighted by molar-refractivity contribution is 5.92. The number of hydrogen-bond donors (Lipinski definition) is 2. The zero-order valence-corrected chi connectivity index (χ0v) is 15.5. The van der Waals surface area contributed by atoms with Crippen LogP contribution in [0.2, 0.25) is 0 Å². The van der Waals surface area contributed by atoms with E-state index in [0.29, 0.717) is 24.8 Å². The van der Waals surface area contributed by atoms with Gasteiger partial charge in [0.2, 0.25) is 0 Å². The fourth-order valence-corrected chi connectivity index (χ4v) is 3.42. The van der Waals surface area contributed by atoms with Crippen molar-refractivity contribution in [3.8, 4) is 0 Å². The van der Waals surface area contributed by atoms with Crippen LogP contribution in [0.1, 0.15) is 54.9 Å². The number of rotatable bonds is 7. The van der Waals surface area contributed by atoms with Gasteiger partial charge in [-0.05, 0) is 43.5 Å². The Bertz CT molecular complexity index is 709. The zero-order chi connectivity index (χ0) is 18.2. The summed E-state index contributed by atoms with van der Waals surface area (Å²) < 4.78 is 5.15. The highest BCUT2D eigenvalue weighted by atomic mass is 16.5. The summed E-state index contributed by atoms with van der Waals surface area (Å²) in [4.78, 5) is 12.1. The van der Waals surface area contributed by atoms with Gasteiger partial charge in [0.1, 0.15) is 0 Å². The van der Waals surface area contributed by atoms with Crippen LogP contribution in [0.3, 0.4) is 0 Å². The van der Waals surface area contributed by atoms with E-state index in [9.17, 15) is 4.79 Å². The Labute approximate surface area is 156 Å². The maximum atomic E-state index is 12.1. The maximum absolute atomic E-state index is 12.1. The molecule has 2 N–H and O–H groups in total. The molecular weight excluding hydrogens is 324 g/mol. The Hall–Kier alpha value is -2.49. The van der Waals surface area contributed by atoms with Gasteiger partial charge in [0.05, 0.1) is 23.5 Å². The lowest BCUT2D eigenvalue weighted by Gasteiger charge is -2.25. The summed E-state index contributed by atoms with van der Waals surface area (Å²) in [5, 5.41) is 7.16. The number of carbonyl (C=O) groups is 1. The number of esters is 1. The summed E-state index contributed by atoms with van der Waals surface area (Å²) in [5.74, 6) is -0.278. The normalized spacial score (nSPS) is 14.7. The van der Waals surface area contributed by atoms with Crippen LogP contribution in [0.25, 0.3) is 0 Å². The van der Waals surface area contributed by atoms with E-state index < -0.39 is 0 Å². The average Bonchev–Trinajstić information content (AvgIpc) is 2.69. The fraction of sp³-hybridized carbons (Fsp3) is 0.409. The van der Waals surface area contributed by atoms with Crippen molar-refractivity contribution >= 4 is 17.3 Å². The second-order valence-electron chi connectivity index (χ2n) is 6.80. The number of ether oxygens (including phenoxy) is 1. The first-order valence-electron chi connectivity index (χ1n) is 9.62. The molecule has 0 aliphatic heterocycles. The van der Waals surface area contributed by atoms with E-state index in [4.69, 9.17) is 4.74 Å². The minimum atomic E-state index is -0.278. The number of nitrogens with one attached hydrogen (secondary N) is 2. The Morgan fingerprint density at radius 1 is 1.04 bits per heavy atom. The van der Waals surface area contributed by atoms with E-state index in [2.05, 4.69) is 22.8 Å². The minimum absolute atomic E-state index is 0.278. The largest absolute Gasteiger partial charge is 0.462 e. The molecule has 0 amide bonds. The Kier molecular flexibility index (Phi) is 6.53. The topological polar surface area (TPSA) is 50.4 Å². The lowest BCUT2D eigenvalue weighted by atomic mass is 9.95. The fourth-order valence-electron chi connectivity index (χ4n) is 3.42. The molecule has 2 aromatic carbocycles. The Morgan fingerprint density at radius 2 is 1.81 bits per heavy atom. The smallest absolute Gasteiger partial charge is 0.338 e. The first-order valence-corrected chi connectivity index (χ1v) is 9.62. The second kappa shape index (κ2) is 9.27. The maximum Gasteiger partial charge on any atom is 0.338 e. The van der Waals surface area contributed by atoms with Crippen molar-refractivity contribution in [2.24, 2.45) is 0 Å². The van der Waals surface area contributed by atoms with Crippen molar-refractivity contribution < 1.29 is 9.53 Å². The van der Waals surface area contributed by atoms with Crippen molar-refractivity contribution in [3.63, 3.8) is 0 Å². The van der Waals surface area contributed by atoms with Crippen LogP contribution in [0.4, 0.5) is 11.4 Å². The van der Waals surface area contributed by atoms with Gasteiger partial charge in [0.25, 0.3) is 0 Å². The van der Waals surface area contributed by atoms with E-state index in [-0.39, 0.29) is 5.97 Å². The van der Waals surface area contributed by atoms with Crippen LogP contribution in [-0.2, 0) is 11.3 Å². The summed E-state index contributed by atoms with van der Waals surface area (Å²) in [6.45, 7) is 2.92. The zero-order valence-electron chi connectivity index (χ0n) is 15.5. The lowest BCUT2D eigenvalue weighted by molar-refractivity contribution is 0.0526. The molecule has 1 fully saturated rings. The highest BCUT2D eigenvalue weighted by Gasteiger charge is 2.16. The summed E-state index contributed by atoms with van der Waals surface area (Å²) in [6, 6.07) is 16.5. The van der Waals surface area contributed by atoms with Crippen molar-refractivity contribution in [3.05, 3.63) is 59.7 Å². The molecule has 4 heteroatoms. The first-order chi connectivity index (χ1) is 12.8. The van der Waals surface area contributed by atoms with Crippen molar-refractivity contribution in [2.75, 3.05) is 17.2 Å². The molecular formula is C22H28N2O2. The molecule has 0 radical (unpaired) electrons. The van der Waals surface area contributed by atoms with Crippen LogP contribution in [-0.4, -0.2) is 18.6 Å². The molecule has 1 saturated carbocycles. The average molecular weight is 352 g/mol. The van der Waals surface area contributed by atoms with Gasteiger partial charge in [0, 0.05) is 12.6 Å². The van der Waals surface area contributed by atoms with Gasteiger partial charge >= 0.3 is 5.97 Å². The van der Waals surface area contributed by atoms with Gasteiger partial charge in [-0.3, -0.25) is 0 Å². The number of anilines is 2. The first kappa shape index (κ1) is 18.3. The van der Waals surface area contributed by atoms with Gasteiger partial charge in [-0.25, -0.2) is 4.79 Å². The Morgan fingerprint density at radius 3 is 2.54 bits per heavy atom. The molecule has 4 nitrogen and oxygen atoms in total. The standard InChI is InChI=1S/C22H28N2O2/c1-2-26-22(25)18-13-14-20(24-19-11-7-4-8-12-19)21(15-18)23-16-17-9-5-3-6-10-17/h3,5-6,9-10,13-15,19,23-24H,2,4,7-8,11-12,16H2,1H3. The molecule has 0 unspecified atom stereocenters. The number of benzene rings is 2. The number of carbonyl (C=O) groups excluding carboxylic acids is 1. The monoisotopic (exact) mass is 352 g/mol. The molecule has 1 aliphatic carbocycles. The molecule has 0 atom stereocenters. The third-order valence-electron chi connectivity index (χ3n) is 4.82. The van der Waals surface area contributed by atoms with E-state index >= 15 is 0 Å². The molecule has 1 aliphatic rings. The molecule has 0 saturated heterocycles. The van der Waals surface area contributed by atoms with Crippen molar-refractivity contribution in [2.45, 2.75) is 51.6 Å². The quantitative estimate of drug-likeness (QED) is 0.671. The SMILES string of the molecule is CCOC(=O)c1ccc(NC2CCCCC2)c(NCc2ccccc2)c1. The molecule has 26 heavy (non-hydrogen) atoms. The molecule has 138 valence electrons. The van der Waals surface area contributed by atoms with Gasteiger partial charge in [0.15, 0.2) is 0 Å². The summed E-state index contributed by atoms with van der Waals surface area (Å²) >= 11 is 0. The third-order valence-corrected chi connectivity index (χ3v) is 4.82. The van der Waals surface area contributed by atoms with E-state index in [0.717, 1.165) is 11.4 Å². The van der Waals surface area contributed by atoms with Crippen LogP contribution >= 0.6 is 0 Å². The highest BCUT2D eigenvalue weighted by Crippen LogP contribution is 2.28. The van der Waals surface area contributed by atoms with E-state index in [1.54, 1.807) is 0 Å². The molecule has 0 spiro atoms. The number of hydrogen-bond acceptors (Lipinski definition) is 4. The second-order valence-corrected chi connectivity index (χ2v) is 6.80. The van der Waals surface area contributed by atoms with Gasteiger partial charge in [-0.15, -0.1) is 0 Å². The molecule has 2 aromatic rings. The van der Waals surface area contributed by atoms with Crippen LogP contribution < -0.4 is 10.6 Å². The van der Waals surface area contributed by atoms with E-state index in [1.807, 2.05) is 43.3 Å². The van der Waals surface area contributed by atoms with Crippen LogP contribution in [0.5, 0.6) is 0 Å². The van der Waals surface area contributed by atoms with Crippen molar-refractivity contribution in [1.82, 2.24) is 0 Å². The Balaban J connectivity index is 1.78. The minimum Gasteiger partial charge on any atom is -0.462 e. The van der Waals surface area contributed by atoms with Gasteiger partial charge in [-0.1, -0.05) is 49.6 Å². The molecule has 0 aromatic heterocycles. The third kappa shape index (κ3) is 5.01. The van der Waals surface area contributed by atoms with Crippen molar-refractivity contribution in [1.29, 1.82) is 0 Å². The van der Waals surface area contributed by atoms with E-state index in [1.165, 1.54) is 37.7 Å². The lowest BCUT2D eigenvalue weighted by Crippen LogP contribution is -2.23. The predicted octanol–water partition coefficient (Wildman–Crippen LogP) is 5.22. The molecule has 3 rings (SSSR count). The summed E-state index contributed by atoms with van der Waals surface area (Å²) in [7, 11) is 0. The molecule has 0 heterocycles. The van der Waals surface area contributed by atoms with Crippen LogP contribution in [0, 0.1) is 0 Å². The predicted molar refractivity (Wildman–Crippen MR) is 107 cm³/mol. The summed E-state index contributed by atoms with van der Waals surface area (Å²) in [5.41, 5.74) is 3.79.